The summed E-state index contributed by atoms with van der Waals surface area (Å²) < 4.78 is 29.7. The van der Waals surface area contributed by atoms with Crippen molar-refractivity contribution in [3.63, 3.8) is 0 Å². The highest BCUT2D eigenvalue weighted by Crippen LogP contribution is 2.41. The van der Waals surface area contributed by atoms with Crippen LogP contribution in [0.3, 0.4) is 0 Å². The fourth-order valence-corrected chi connectivity index (χ4v) is 5.68. The van der Waals surface area contributed by atoms with E-state index < -0.39 is 24.8 Å². The molecule has 12 nitrogen and oxygen atoms in total. The monoisotopic (exact) mass is 608 g/mol. The summed E-state index contributed by atoms with van der Waals surface area (Å²) in [4.78, 5) is 59.3. The van der Waals surface area contributed by atoms with E-state index in [1.54, 1.807) is 68.3 Å². The summed E-state index contributed by atoms with van der Waals surface area (Å²) in [6, 6.07) is 15.8. The van der Waals surface area contributed by atoms with Crippen LogP contribution in [0.2, 0.25) is 0 Å². The van der Waals surface area contributed by atoms with E-state index in [0.717, 1.165) is 4.68 Å². The van der Waals surface area contributed by atoms with E-state index in [-0.39, 0.29) is 28.5 Å². The molecular formula is C33H31N7O5. The van der Waals surface area contributed by atoms with Crippen LogP contribution in [0, 0.1) is 13.8 Å². The second kappa shape index (κ2) is 11.4. The maximum atomic E-state index is 13.9. The summed E-state index contributed by atoms with van der Waals surface area (Å²) in [5.74, 6) is -0.853. The quantitative estimate of drug-likeness (QED) is 0.264. The van der Waals surface area contributed by atoms with Crippen LogP contribution >= 0.6 is 0 Å². The minimum atomic E-state index is -2.48. The third kappa shape index (κ3) is 5.30. The lowest BCUT2D eigenvalue weighted by Gasteiger charge is -2.25. The number of amides is 3. The molecule has 5 aromatic rings. The van der Waals surface area contributed by atoms with Crippen molar-refractivity contribution in [2.24, 2.45) is 14.0 Å². The highest BCUT2D eigenvalue weighted by molar-refractivity contribution is 6.15. The molecule has 6 rings (SSSR count). The molecule has 2 aromatic carbocycles. The van der Waals surface area contributed by atoms with Crippen LogP contribution in [0.15, 0.2) is 76.2 Å². The van der Waals surface area contributed by atoms with Gasteiger partial charge in [-0.25, -0.2) is 4.98 Å². The number of hydrogen-bond acceptors (Lipinski definition) is 7. The van der Waals surface area contributed by atoms with Crippen molar-refractivity contribution in [3.8, 4) is 11.1 Å². The molecule has 228 valence electrons. The predicted molar refractivity (Wildman–Crippen MR) is 168 cm³/mol. The van der Waals surface area contributed by atoms with Gasteiger partial charge in [-0.1, -0.05) is 25.1 Å². The van der Waals surface area contributed by atoms with Crippen molar-refractivity contribution in [2.45, 2.75) is 33.2 Å². The number of aromatic nitrogens is 4. The molecule has 4 heterocycles. The van der Waals surface area contributed by atoms with Crippen molar-refractivity contribution in [1.82, 2.24) is 19.5 Å². The molecule has 1 aliphatic rings. The smallest absolute Gasteiger partial charge is 0.290 e. The van der Waals surface area contributed by atoms with Gasteiger partial charge in [0.25, 0.3) is 23.3 Å². The van der Waals surface area contributed by atoms with Crippen molar-refractivity contribution in [2.75, 3.05) is 15.5 Å². The first-order valence-electron chi connectivity index (χ1n) is 15.7. The van der Waals surface area contributed by atoms with Crippen LogP contribution in [-0.4, -0.2) is 37.2 Å². The number of anilines is 3. The first-order chi connectivity index (χ1) is 22.8. The molecule has 0 fully saturated rings. The maximum Gasteiger partial charge on any atom is 0.290 e. The van der Waals surface area contributed by atoms with Crippen LogP contribution in [0.4, 0.5) is 17.2 Å². The van der Waals surface area contributed by atoms with Gasteiger partial charge in [-0.05, 0) is 62.2 Å². The Hall–Kier alpha value is -5.78. The largest absolute Gasteiger partial charge is 0.381 e. The van der Waals surface area contributed by atoms with E-state index in [0.29, 0.717) is 51.5 Å². The molecule has 1 atom stereocenters. The Balaban J connectivity index is 1.25. The van der Waals surface area contributed by atoms with Gasteiger partial charge in [-0.15, -0.1) is 0 Å². The van der Waals surface area contributed by atoms with E-state index in [1.807, 2.05) is 6.92 Å². The summed E-state index contributed by atoms with van der Waals surface area (Å²) >= 11 is 0. The standard InChI is InChI=1S/C33H31N7O5/c1-6-25-28-24(32(43)40(25)23-12-10-20(11-13-23)27-19(3)45-39(5)33(27)44)16-18(2)34-29(28)31(42)35-22-9-7-8-21(17-22)30(41)36-26-14-15-38(4)37-26/h7-17,25H,6H2,1-5H3,(H,35,42)(H,36,37,41)/t25-/m1/s1/i4D3. The van der Waals surface area contributed by atoms with E-state index in [1.165, 1.54) is 29.1 Å². The molecule has 0 spiro atoms. The third-order valence-electron chi connectivity index (χ3n) is 7.66. The summed E-state index contributed by atoms with van der Waals surface area (Å²) in [5, 5.41) is 9.23. The van der Waals surface area contributed by atoms with Gasteiger partial charge in [0.2, 0.25) is 0 Å². The Morgan fingerprint density at radius 3 is 2.47 bits per heavy atom. The molecule has 3 aromatic heterocycles. The van der Waals surface area contributed by atoms with Gasteiger partial charge in [0.05, 0.1) is 11.6 Å². The van der Waals surface area contributed by atoms with Gasteiger partial charge in [0.1, 0.15) is 11.5 Å². The normalized spacial score (nSPS) is 15.3. The zero-order chi connectivity index (χ0) is 34.5. The Morgan fingerprint density at radius 2 is 1.80 bits per heavy atom. The van der Waals surface area contributed by atoms with Gasteiger partial charge < -0.3 is 20.1 Å². The molecular weight excluding hydrogens is 574 g/mol. The zero-order valence-electron chi connectivity index (χ0n) is 27.9. The zero-order valence-corrected chi connectivity index (χ0v) is 24.9. The van der Waals surface area contributed by atoms with Crippen LogP contribution < -0.4 is 21.1 Å². The number of benzene rings is 2. The summed E-state index contributed by atoms with van der Waals surface area (Å²) in [6.07, 6.45) is 1.72. The number of carbonyl (C=O) groups excluding carboxylic acids is 3. The first kappa shape index (κ1) is 25.7. The van der Waals surface area contributed by atoms with Crippen molar-refractivity contribution >= 4 is 34.9 Å². The second-order valence-corrected chi connectivity index (χ2v) is 10.7. The molecule has 12 heteroatoms. The molecule has 0 saturated carbocycles. The van der Waals surface area contributed by atoms with E-state index in [9.17, 15) is 19.2 Å². The number of pyridine rings is 1. The molecule has 0 radical (unpaired) electrons. The minimum Gasteiger partial charge on any atom is -0.381 e. The topological polar surface area (TPSA) is 144 Å². The highest BCUT2D eigenvalue weighted by Gasteiger charge is 2.40. The molecule has 2 N–H and O–H groups in total. The fraction of sp³-hybridized carbons (Fsp3) is 0.212. The average molecular weight is 609 g/mol. The molecule has 45 heavy (non-hydrogen) atoms. The number of fused-ring (bicyclic) bond motifs is 1. The lowest BCUT2D eigenvalue weighted by molar-refractivity contribution is 0.0988. The third-order valence-corrected chi connectivity index (χ3v) is 7.66. The van der Waals surface area contributed by atoms with Crippen molar-refractivity contribution in [1.29, 1.82) is 0 Å². The SMILES string of the molecule is [2H]C([2H])([2H])n1ccc(NC(=O)c2cccc(NC(=O)c3nc(C)cc4c3[C@@H](CC)N(c3ccc(-c5c(C)on(C)c5=O)cc3)C4=O)c2)n1. The van der Waals surface area contributed by atoms with Gasteiger partial charge in [-0.2, -0.15) is 9.84 Å². The van der Waals surface area contributed by atoms with Crippen molar-refractivity contribution < 1.29 is 23.0 Å². The van der Waals surface area contributed by atoms with E-state index in [2.05, 4.69) is 20.7 Å². The average Bonchev–Trinajstić information content (AvgIpc) is 3.70. The van der Waals surface area contributed by atoms with Gasteiger partial charge in [0.15, 0.2) is 5.82 Å². The molecule has 3 amide bonds. The number of nitrogens with one attached hydrogen (secondary N) is 2. The van der Waals surface area contributed by atoms with Gasteiger partial charge >= 0.3 is 0 Å². The predicted octanol–water partition coefficient (Wildman–Crippen LogP) is 5.01. The van der Waals surface area contributed by atoms with E-state index >= 15 is 0 Å². The molecule has 0 bridgehead atoms. The second-order valence-electron chi connectivity index (χ2n) is 10.7. The highest BCUT2D eigenvalue weighted by atomic mass is 16.5. The number of rotatable bonds is 7. The maximum absolute atomic E-state index is 13.9. The Bertz CT molecular complexity index is 2150. The first-order valence-corrected chi connectivity index (χ1v) is 14.2. The molecule has 0 saturated heterocycles. The van der Waals surface area contributed by atoms with Gasteiger partial charge in [0, 0.05) is 64.2 Å². The van der Waals surface area contributed by atoms with Crippen LogP contribution in [0.25, 0.3) is 11.1 Å². The Labute approximate surface area is 262 Å². The van der Waals surface area contributed by atoms with Crippen LogP contribution in [-0.2, 0) is 14.0 Å². The van der Waals surface area contributed by atoms with Crippen LogP contribution in [0.1, 0.15) is 71.7 Å². The Kier molecular flexibility index (Phi) is 6.50. The molecule has 0 aliphatic carbocycles. The minimum absolute atomic E-state index is 0.0559. The summed E-state index contributed by atoms with van der Waals surface area (Å²) in [7, 11) is 1.54. The fourth-order valence-electron chi connectivity index (χ4n) is 5.68. The van der Waals surface area contributed by atoms with E-state index in [4.69, 9.17) is 8.64 Å². The summed E-state index contributed by atoms with van der Waals surface area (Å²) in [6.45, 7) is 2.85. The lowest BCUT2D eigenvalue weighted by Crippen LogP contribution is -2.28. The Morgan fingerprint density at radius 1 is 1.02 bits per heavy atom. The number of carbonyl (C=O) groups is 3. The van der Waals surface area contributed by atoms with Crippen LogP contribution in [0.5, 0.6) is 0 Å². The number of aryl methyl sites for hydroxylation is 4. The number of hydrogen-bond donors (Lipinski definition) is 2. The lowest BCUT2D eigenvalue weighted by atomic mass is 9.99. The van der Waals surface area contributed by atoms with Crippen molar-refractivity contribution in [3.05, 3.63) is 111 Å². The molecule has 0 unspecified atom stereocenters. The summed E-state index contributed by atoms with van der Waals surface area (Å²) in [5.41, 5.74) is 3.36. The van der Waals surface area contributed by atoms with Gasteiger partial charge in [-0.3, -0.25) is 23.9 Å². The molecule has 1 aliphatic heterocycles. The number of nitrogens with zero attached hydrogens (tertiary/aromatic N) is 5.